The summed E-state index contributed by atoms with van der Waals surface area (Å²) >= 11 is 5.60. The highest BCUT2D eigenvalue weighted by molar-refractivity contribution is 7.47. The zero-order valence-electron chi connectivity index (χ0n) is 12.7. The van der Waals surface area contributed by atoms with Crippen LogP contribution >= 0.6 is 19.4 Å². The molecule has 8 heteroatoms. The first kappa shape index (κ1) is 19.0. The third-order valence-electron chi connectivity index (χ3n) is 2.41. The minimum Gasteiger partial charge on any atom is -0.435 e. The molecule has 0 bridgehead atoms. The Morgan fingerprint density at radius 2 is 1.91 bits per heavy atom. The Morgan fingerprint density at radius 1 is 1.32 bits per heavy atom. The second-order valence-electron chi connectivity index (χ2n) is 5.54. The molecular formula is C14H20ClO6P. The highest BCUT2D eigenvalue weighted by Gasteiger charge is 2.33. The summed E-state index contributed by atoms with van der Waals surface area (Å²) in [5, 5.41) is 0. The molecule has 1 aromatic rings. The number of carbonyl (C=O) groups is 1. The zero-order chi connectivity index (χ0) is 16.8. The number of alkyl halides is 1. The summed E-state index contributed by atoms with van der Waals surface area (Å²) in [6.45, 7) is 4.98. The maximum absolute atomic E-state index is 12.0. The summed E-state index contributed by atoms with van der Waals surface area (Å²) in [6.07, 6.45) is -1.20. The Balaban J connectivity index is 2.72. The summed E-state index contributed by atoms with van der Waals surface area (Å²) in [4.78, 5) is 21.6. The third kappa shape index (κ3) is 6.79. The lowest BCUT2D eigenvalue weighted by Gasteiger charge is -2.24. The number of rotatable bonds is 7. The second-order valence-corrected chi connectivity index (χ2v) is 7.25. The Kier molecular flexibility index (Phi) is 6.88. The van der Waals surface area contributed by atoms with Gasteiger partial charge < -0.3 is 9.26 Å². The molecule has 22 heavy (non-hydrogen) atoms. The van der Waals surface area contributed by atoms with Crippen molar-refractivity contribution in [1.29, 1.82) is 0 Å². The van der Waals surface area contributed by atoms with Crippen LogP contribution in [-0.4, -0.2) is 23.0 Å². The first-order chi connectivity index (χ1) is 10.1. The molecule has 1 rings (SSSR count). The molecule has 0 aliphatic heterocycles. The van der Waals surface area contributed by atoms with Gasteiger partial charge in [0.2, 0.25) is 6.29 Å². The van der Waals surface area contributed by atoms with E-state index in [4.69, 9.17) is 25.4 Å². The topological polar surface area (TPSA) is 82.1 Å². The molecule has 0 aliphatic rings. The molecule has 1 N–H and O–H groups in total. The molecule has 0 aromatic heterocycles. The lowest BCUT2D eigenvalue weighted by molar-refractivity contribution is -0.175. The number of phosphoric ester groups is 1. The molecule has 0 saturated heterocycles. The van der Waals surface area contributed by atoms with E-state index in [-0.39, 0.29) is 18.1 Å². The number of carbonyl (C=O) groups excluding carboxylic acids is 1. The van der Waals surface area contributed by atoms with Crippen LogP contribution in [-0.2, 0) is 18.6 Å². The standard InChI is InChI=1S/C14H20ClO6P/c1-14(2,3)13(16)19-12(9-10-15)21-22(17,18)20-11-7-5-4-6-8-11/h4-8,12H,9-10H2,1-3H3,(H,17,18). The van der Waals surface area contributed by atoms with Gasteiger partial charge in [-0.2, -0.15) is 0 Å². The van der Waals surface area contributed by atoms with Crippen molar-refractivity contribution >= 4 is 25.4 Å². The number of hydrogen-bond donors (Lipinski definition) is 1. The summed E-state index contributed by atoms with van der Waals surface area (Å²) < 4.78 is 26.9. The van der Waals surface area contributed by atoms with E-state index in [0.29, 0.717) is 0 Å². The number of hydrogen-bond acceptors (Lipinski definition) is 5. The molecular weight excluding hydrogens is 331 g/mol. The number of esters is 1. The van der Waals surface area contributed by atoms with Gasteiger partial charge in [0.1, 0.15) is 5.75 Å². The van der Waals surface area contributed by atoms with Crippen molar-refractivity contribution < 1.29 is 28.0 Å². The SMILES string of the molecule is CC(C)(C)C(=O)OC(CCCl)OP(=O)(O)Oc1ccccc1. The van der Waals surface area contributed by atoms with E-state index >= 15 is 0 Å². The van der Waals surface area contributed by atoms with Crippen molar-refractivity contribution in [3.05, 3.63) is 30.3 Å². The maximum atomic E-state index is 12.0. The number of para-hydroxylation sites is 1. The van der Waals surface area contributed by atoms with Crippen LogP contribution in [0.2, 0.25) is 0 Å². The van der Waals surface area contributed by atoms with Gasteiger partial charge in [0, 0.05) is 12.3 Å². The number of phosphoric acid groups is 1. The van der Waals surface area contributed by atoms with E-state index in [1.807, 2.05) is 0 Å². The van der Waals surface area contributed by atoms with Crippen LogP contribution in [0.5, 0.6) is 5.75 Å². The van der Waals surface area contributed by atoms with E-state index < -0.39 is 25.5 Å². The molecule has 1 aromatic carbocycles. The highest BCUT2D eigenvalue weighted by atomic mass is 35.5. The molecule has 6 nitrogen and oxygen atoms in total. The largest absolute Gasteiger partial charge is 0.530 e. The zero-order valence-corrected chi connectivity index (χ0v) is 14.3. The van der Waals surface area contributed by atoms with Crippen LogP contribution in [0.15, 0.2) is 30.3 Å². The Bertz CT molecular complexity index is 528. The number of benzene rings is 1. The van der Waals surface area contributed by atoms with Gasteiger partial charge in [0.05, 0.1) is 5.41 Å². The van der Waals surface area contributed by atoms with Crippen molar-refractivity contribution in [2.75, 3.05) is 5.88 Å². The minimum atomic E-state index is -4.44. The van der Waals surface area contributed by atoms with Gasteiger partial charge in [0.15, 0.2) is 0 Å². The summed E-state index contributed by atoms with van der Waals surface area (Å²) in [5.41, 5.74) is -0.770. The Labute approximate surface area is 135 Å². The van der Waals surface area contributed by atoms with E-state index in [2.05, 4.69) is 0 Å². The lowest BCUT2D eigenvalue weighted by Crippen LogP contribution is -2.30. The average Bonchev–Trinajstić information content (AvgIpc) is 2.37. The minimum absolute atomic E-state index is 0.0616. The van der Waals surface area contributed by atoms with Crippen LogP contribution in [0.4, 0.5) is 0 Å². The molecule has 2 atom stereocenters. The summed E-state index contributed by atoms with van der Waals surface area (Å²) in [6, 6.07) is 8.03. The Morgan fingerprint density at radius 3 is 2.41 bits per heavy atom. The average molecular weight is 351 g/mol. The molecule has 0 spiro atoms. The fourth-order valence-corrected chi connectivity index (χ4v) is 2.36. The number of ether oxygens (including phenoxy) is 1. The molecule has 0 fully saturated rings. The van der Waals surface area contributed by atoms with Crippen molar-refractivity contribution in [2.24, 2.45) is 5.41 Å². The van der Waals surface area contributed by atoms with E-state index in [1.54, 1.807) is 39.0 Å². The quantitative estimate of drug-likeness (QED) is 0.349. The van der Waals surface area contributed by atoms with Gasteiger partial charge >= 0.3 is 13.8 Å². The van der Waals surface area contributed by atoms with Crippen LogP contribution in [0.25, 0.3) is 0 Å². The first-order valence-electron chi connectivity index (χ1n) is 6.67. The monoisotopic (exact) mass is 350 g/mol. The van der Waals surface area contributed by atoms with Crippen LogP contribution < -0.4 is 4.52 Å². The fourth-order valence-electron chi connectivity index (χ4n) is 1.30. The molecule has 0 saturated carbocycles. The predicted octanol–water partition coefficient (Wildman–Crippen LogP) is 3.73. The van der Waals surface area contributed by atoms with Gasteiger partial charge in [-0.25, -0.2) is 9.09 Å². The third-order valence-corrected chi connectivity index (χ3v) is 3.57. The van der Waals surface area contributed by atoms with Crippen molar-refractivity contribution in [1.82, 2.24) is 0 Å². The van der Waals surface area contributed by atoms with Gasteiger partial charge in [-0.15, -0.1) is 11.6 Å². The highest BCUT2D eigenvalue weighted by Crippen LogP contribution is 2.45. The molecule has 0 amide bonds. The van der Waals surface area contributed by atoms with Crippen molar-refractivity contribution in [3.63, 3.8) is 0 Å². The van der Waals surface area contributed by atoms with Gasteiger partial charge in [-0.05, 0) is 32.9 Å². The maximum Gasteiger partial charge on any atom is 0.530 e. The smallest absolute Gasteiger partial charge is 0.435 e. The normalized spacial score (nSPS) is 15.7. The van der Waals surface area contributed by atoms with Gasteiger partial charge in [-0.1, -0.05) is 18.2 Å². The first-order valence-corrected chi connectivity index (χ1v) is 8.70. The van der Waals surface area contributed by atoms with E-state index in [9.17, 15) is 14.3 Å². The van der Waals surface area contributed by atoms with E-state index in [0.717, 1.165) is 0 Å². The molecule has 124 valence electrons. The van der Waals surface area contributed by atoms with Crippen molar-refractivity contribution in [3.8, 4) is 5.75 Å². The fraction of sp³-hybridized carbons (Fsp3) is 0.500. The lowest BCUT2D eigenvalue weighted by atomic mass is 9.97. The molecule has 2 unspecified atom stereocenters. The molecule has 0 radical (unpaired) electrons. The van der Waals surface area contributed by atoms with Crippen LogP contribution in [0.1, 0.15) is 27.2 Å². The summed E-state index contributed by atoms with van der Waals surface area (Å²) in [5.74, 6) is -0.310. The van der Waals surface area contributed by atoms with Gasteiger partial charge in [0.25, 0.3) is 0 Å². The second kappa shape index (κ2) is 7.97. The number of halogens is 1. The molecule has 0 aliphatic carbocycles. The van der Waals surface area contributed by atoms with Crippen LogP contribution in [0.3, 0.4) is 0 Å². The van der Waals surface area contributed by atoms with Crippen molar-refractivity contribution in [2.45, 2.75) is 33.5 Å². The summed E-state index contributed by atoms with van der Waals surface area (Å²) in [7, 11) is -4.44. The van der Waals surface area contributed by atoms with Gasteiger partial charge in [-0.3, -0.25) is 9.69 Å². The van der Waals surface area contributed by atoms with E-state index in [1.165, 1.54) is 12.1 Å². The molecule has 0 heterocycles. The Hall–Kier alpha value is -1.07. The van der Waals surface area contributed by atoms with Crippen LogP contribution in [0, 0.1) is 5.41 Å². The predicted molar refractivity (Wildman–Crippen MR) is 82.7 cm³/mol.